The van der Waals surface area contributed by atoms with Crippen molar-refractivity contribution in [3.63, 3.8) is 0 Å². The molecule has 0 radical (unpaired) electrons. The lowest BCUT2D eigenvalue weighted by Gasteiger charge is -2.20. The van der Waals surface area contributed by atoms with E-state index < -0.39 is 6.61 Å². The normalized spacial score (nSPS) is 12.2. The second-order valence-corrected chi connectivity index (χ2v) is 5.21. The summed E-state index contributed by atoms with van der Waals surface area (Å²) in [5, 5.41) is 3.31. The molecule has 0 aliphatic carbocycles. The predicted octanol–water partition coefficient (Wildman–Crippen LogP) is 4.16. The van der Waals surface area contributed by atoms with E-state index in [1.54, 1.807) is 12.1 Å². The fraction of sp³-hybridized carbons (Fsp3) is 0.200. The average Bonchev–Trinajstić information content (AvgIpc) is 2.47. The molecule has 0 fully saturated rings. The summed E-state index contributed by atoms with van der Waals surface area (Å²) in [5.41, 5.74) is 7.61. The first-order chi connectivity index (χ1) is 10.1. The molecule has 0 bridgehead atoms. The Morgan fingerprint density at radius 1 is 1.10 bits per heavy atom. The van der Waals surface area contributed by atoms with Crippen molar-refractivity contribution >= 4 is 21.6 Å². The molecule has 1 atom stereocenters. The van der Waals surface area contributed by atoms with Gasteiger partial charge in [-0.05, 0) is 45.8 Å². The van der Waals surface area contributed by atoms with Crippen LogP contribution >= 0.6 is 15.9 Å². The third kappa shape index (κ3) is 4.41. The van der Waals surface area contributed by atoms with E-state index in [9.17, 15) is 8.78 Å². The Balaban J connectivity index is 2.12. The smallest absolute Gasteiger partial charge is 0.387 e. The third-order valence-electron chi connectivity index (χ3n) is 2.95. The molecule has 0 aliphatic heterocycles. The van der Waals surface area contributed by atoms with Crippen molar-refractivity contribution < 1.29 is 13.5 Å². The molecule has 112 valence electrons. The number of ether oxygens (including phenoxy) is 1. The first-order valence-corrected chi connectivity index (χ1v) is 7.15. The van der Waals surface area contributed by atoms with Crippen LogP contribution in [0, 0.1) is 0 Å². The molecule has 2 rings (SSSR count). The number of benzene rings is 2. The highest BCUT2D eigenvalue weighted by atomic mass is 79.9. The Morgan fingerprint density at radius 2 is 1.76 bits per heavy atom. The maximum Gasteiger partial charge on any atom is 0.387 e. The minimum absolute atomic E-state index is 0.121. The standard InChI is InChI=1S/C15H15BrF2N2O/c16-12-3-1-2-4-13(12)20-14(9-19)10-5-7-11(8-6-10)21-15(17)18/h1-8,14-15,20H,9,19H2. The SMILES string of the molecule is NCC(Nc1ccccc1Br)c1ccc(OC(F)F)cc1. The van der Waals surface area contributed by atoms with Gasteiger partial charge in [-0.2, -0.15) is 8.78 Å². The van der Waals surface area contributed by atoms with Crippen LogP contribution in [-0.2, 0) is 0 Å². The van der Waals surface area contributed by atoms with Crippen LogP contribution in [-0.4, -0.2) is 13.2 Å². The Morgan fingerprint density at radius 3 is 2.33 bits per heavy atom. The second-order valence-electron chi connectivity index (χ2n) is 4.36. The molecule has 2 aromatic carbocycles. The quantitative estimate of drug-likeness (QED) is 0.816. The van der Waals surface area contributed by atoms with Crippen molar-refractivity contribution in [2.75, 3.05) is 11.9 Å². The molecule has 0 saturated carbocycles. The van der Waals surface area contributed by atoms with E-state index >= 15 is 0 Å². The zero-order valence-corrected chi connectivity index (χ0v) is 12.7. The fourth-order valence-electron chi connectivity index (χ4n) is 1.93. The molecular weight excluding hydrogens is 342 g/mol. The van der Waals surface area contributed by atoms with Gasteiger partial charge in [-0.3, -0.25) is 0 Å². The number of halogens is 3. The van der Waals surface area contributed by atoms with E-state index in [1.807, 2.05) is 24.3 Å². The van der Waals surface area contributed by atoms with Crippen molar-refractivity contribution in [1.82, 2.24) is 0 Å². The number of alkyl halides is 2. The number of nitrogens with one attached hydrogen (secondary N) is 1. The third-order valence-corrected chi connectivity index (χ3v) is 3.64. The van der Waals surface area contributed by atoms with Gasteiger partial charge in [0, 0.05) is 16.7 Å². The zero-order valence-electron chi connectivity index (χ0n) is 11.1. The van der Waals surface area contributed by atoms with E-state index in [2.05, 4.69) is 26.0 Å². The van der Waals surface area contributed by atoms with Crippen LogP contribution in [0.25, 0.3) is 0 Å². The molecule has 6 heteroatoms. The minimum atomic E-state index is -2.82. The van der Waals surface area contributed by atoms with E-state index in [0.717, 1.165) is 15.7 Å². The molecule has 1 unspecified atom stereocenters. The molecule has 0 aromatic heterocycles. The van der Waals surface area contributed by atoms with E-state index in [-0.39, 0.29) is 11.8 Å². The molecule has 0 spiro atoms. The van der Waals surface area contributed by atoms with Gasteiger partial charge < -0.3 is 15.8 Å². The number of hydrogen-bond donors (Lipinski definition) is 2. The van der Waals surface area contributed by atoms with Crippen LogP contribution in [0.1, 0.15) is 11.6 Å². The number of anilines is 1. The van der Waals surface area contributed by atoms with Crippen LogP contribution in [0.15, 0.2) is 53.0 Å². The van der Waals surface area contributed by atoms with Gasteiger partial charge in [0.1, 0.15) is 5.75 Å². The summed E-state index contributed by atoms with van der Waals surface area (Å²) < 4.78 is 29.5. The van der Waals surface area contributed by atoms with Crippen molar-refractivity contribution in [2.45, 2.75) is 12.7 Å². The molecule has 0 amide bonds. The summed E-state index contributed by atoms with van der Waals surface area (Å²) in [7, 11) is 0. The predicted molar refractivity (Wildman–Crippen MR) is 82.6 cm³/mol. The maximum atomic E-state index is 12.1. The Labute approximate surface area is 130 Å². The monoisotopic (exact) mass is 356 g/mol. The molecule has 3 N–H and O–H groups in total. The Hall–Kier alpha value is -1.66. The molecule has 2 aromatic rings. The van der Waals surface area contributed by atoms with Crippen LogP contribution in [0.4, 0.5) is 14.5 Å². The zero-order chi connectivity index (χ0) is 15.2. The lowest BCUT2D eigenvalue weighted by molar-refractivity contribution is -0.0498. The maximum absolute atomic E-state index is 12.1. The van der Waals surface area contributed by atoms with Crippen molar-refractivity contribution in [1.29, 1.82) is 0 Å². The molecule has 0 aliphatic rings. The summed E-state index contributed by atoms with van der Waals surface area (Å²) in [6.07, 6.45) is 0. The van der Waals surface area contributed by atoms with E-state index in [1.165, 1.54) is 12.1 Å². The van der Waals surface area contributed by atoms with Gasteiger partial charge in [0.05, 0.1) is 6.04 Å². The Kier molecular flexibility index (Phi) is 5.52. The lowest BCUT2D eigenvalue weighted by atomic mass is 10.1. The fourth-order valence-corrected chi connectivity index (χ4v) is 2.33. The van der Waals surface area contributed by atoms with Crippen molar-refractivity contribution in [3.05, 3.63) is 58.6 Å². The first-order valence-electron chi connectivity index (χ1n) is 6.36. The van der Waals surface area contributed by atoms with Crippen LogP contribution in [0.3, 0.4) is 0 Å². The largest absolute Gasteiger partial charge is 0.435 e. The summed E-state index contributed by atoms with van der Waals surface area (Å²) in [4.78, 5) is 0. The summed E-state index contributed by atoms with van der Waals surface area (Å²) in [6, 6.07) is 14.0. The van der Waals surface area contributed by atoms with E-state index in [0.29, 0.717) is 6.54 Å². The van der Waals surface area contributed by atoms with E-state index in [4.69, 9.17) is 5.73 Å². The number of nitrogens with two attached hydrogens (primary N) is 1. The number of para-hydroxylation sites is 1. The summed E-state index contributed by atoms with van der Waals surface area (Å²) in [5.74, 6) is 0.130. The van der Waals surface area contributed by atoms with Gasteiger partial charge >= 0.3 is 6.61 Å². The van der Waals surface area contributed by atoms with Gasteiger partial charge in [0.15, 0.2) is 0 Å². The average molecular weight is 357 g/mol. The minimum Gasteiger partial charge on any atom is -0.435 e. The van der Waals surface area contributed by atoms with Crippen molar-refractivity contribution in [2.24, 2.45) is 5.73 Å². The molecule has 0 saturated heterocycles. The van der Waals surface area contributed by atoms with Gasteiger partial charge in [-0.25, -0.2) is 0 Å². The van der Waals surface area contributed by atoms with Crippen LogP contribution < -0.4 is 15.8 Å². The molecule has 3 nitrogen and oxygen atoms in total. The highest BCUT2D eigenvalue weighted by Crippen LogP contribution is 2.27. The van der Waals surface area contributed by atoms with Gasteiger partial charge in [0.2, 0.25) is 0 Å². The highest BCUT2D eigenvalue weighted by Gasteiger charge is 2.12. The molecular formula is C15H15BrF2N2O. The lowest BCUT2D eigenvalue weighted by Crippen LogP contribution is -2.20. The van der Waals surface area contributed by atoms with Crippen molar-refractivity contribution in [3.8, 4) is 5.75 Å². The molecule has 0 heterocycles. The Bertz CT molecular complexity index is 578. The second kappa shape index (κ2) is 7.38. The topological polar surface area (TPSA) is 47.3 Å². The van der Waals surface area contributed by atoms with Crippen LogP contribution in [0.2, 0.25) is 0 Å². The number of hydrogen-bond acceptors (Lipinski definition) is 3. The summed E-state index contributed by atoms with van der Waals surface area (Å²) in [6.45, 7) is -2.45. The first kappa shape index (κ1) is 15.7. The van der Waals surface area contributed by atoms with Gasteiger partial charge in [-0.15, -0.1) is 0 Å². The summed E-state index contributed by atoms with van der Waals surface area (Å²) >= 11 is 3.46. The number of rotatable bonds is 6. The van der Waals surface area contributed by atoms with Gasteiger partial charge in [0.25, 0.3) is 0 Å². The van der Waals surface area contributed by atoms with Gasteiger partial charge in [-0.1, -0.05) is 24.3 Å². The highest BCUT2D eigenvalue weighted by molar-refractivity contribution is 9.10. The molecule has 21 heavy (non-hydrogen) atoms. The van der Waals surface area contributed by atoms with Crippen LogP contribution in [0.5, 0.6) is 5.75 Å².